The molecule has 8 nitrogen and oxygen atoms in total. The van der Waals surface area contributed by atoms with Crippen LogP contribution in [0.4, 0.5) is 11.6 Å². The number of nitrogens with zero attached hydrogens (tertiary/aromatic N) is 3. The molecule has 0 amide bonds. The maximum Gasteiger partial charge on any atom is 0.306 e. The second kappa shape index (κ2) is 10.4. The first-order valence-corrected chi connectivity index (χ1v) is 13.8. The Morgan fingerprint density at radius 3 is 2.43 bits per heavy atom. The van der Waals surface area contributed by atoms with Gasteiger partial charge in [-0.2, -0.15) is 0 Å². The molecule has 0 radical (unpaired) electrons. The minimum Gasteiger partial charge on any atom is -0.491 e. The van der Waals surface area contributed by atoms with Crippen LogP contribution in [0.25, 0.3) is 10.6 Å². The van der Waals surface area contributed by atoms with Gasteiger partial charge in [-0.1, -0.05) is 0 Å². The van der Waals surface area contributed by atoms with E-state index >= 15 is 0 Å². The van der Waals surface area contributed by atoms with Crippen LogP contribution < -0.4 is 10.1 Å². The predicted octanol–water partition coefficient (Wildman–Crippen LogP) is 5.93. The highest BCUT2D eigenvalue weighted by Crippen LogP contribution is 2.55. The van der Waals surface area contributed by atoms with Gasteiger partial charge in [0.1, 0.15) is 28.0 Å². The van der Waals surface area contributed by atoms with Crippen molar-refractivity contribution in [2.24, 2.45) is 17.8 Å². The Morgan fingerprint density at radius 2 is 1.78 bits per heavy atom. The van der Waals surface area contributed by atoms with Crippen LogP contribution in [0.15, 0.2) is 36.7 Å². The molecule has 1 atom stereocenters. The number of carboxylic acids is 1. The van der Waals surface area contributed by atoms with Crippen molar-refractivity contribution in [3.05, 3.63) is 47.2 Å². The number of aliphatic carboxylic acids is 1. The SMILES string of the molecule is Cc1cc(Nc2cc(OC(C)C)ccn2)nc(-c2cnc(C(O)(C3CCC(C(=O)O)CC3)C3CC3)s2)c1. The first-order chi connectivity index (χ1) is 17.7. The van der Waals surface area contributed by atoms with Crippen molar-refractivity contribution < 1.29 is 19.7 Å². The molecule has 0 aromatic carbocycles. The van der Waals surface area contributed by atoms with E-state index in [4.69, 9.17) is 14.7 Å². The lowest BCUT2D eigenvalue weighted by molar-refractivity contribution is -0.144. The molecule has 2 aliphatic carbocycles. The van der Waals surface area contributed by atoms with Crippen LogP contribution in [0.5, 0.6) is 5.75 Å². The van der Waals surface area contributed by atoms with Crippen LogP contribution in [-0.4, -0.2) is 37.2 Å². The van der Waals surface area contributed by atoms with E-state index in [1.54, 1.807) is 12.4 Å². The molecule has 0 saturated heterocycles. The molecular formula is C28H34N4O4S. The van der Waals surface area contributed by atoms with Gasteiger partial charge in [-0.15, -0.1) is 11.3 Å². The van der Waals surface area contributed by atoms with Gasteiger partial charge in [-0.25, -0.2) is 15.0 Å². The molecule has 3 aromatic rings. The van der Waals surface area contributed by atoms with Gasteiger partial charge in [0, 0.05) is 18.5 Å². The number of aliphatic hydroxyl groups is 1. The van der Waals surface area contributed by atoms with Crippen molar-refractivity contribution in [1.82, 2.24) is 15.0 Å². The van der Waals surface area contributed by atoms with Gasteiger partial charge < -0.3 is 20.3 Å². The van der Waals surface area contributed by atoms with Crippen molar-refractivity contribution in [3.63, 3.8) is 0 Å². The van der Waals surface area contributed by atoms with Gasteiger partial charge in [0.2, 0.25) is 0 Å². The lowest BCUT2D eigenvalue weighted by atomic mass is 9.71. The fraction of sp³-hybridized carbons (Fsp3) is 0.500. The van der Waals surface area contributed by atoms with Gasteiger partial charge in [0.25, 0.3) is 0 Å². The van der Waals surface area contributed by atoms with E-state index in [1.165, 1.54) is 11.3 Å². The summed E-state index contributed by atoms with van der Waals surface area (Å²) in [5, 5.41) is 25.4. The van der Waals surface area contributed by atoms with Gasteiger partial charge in [0.05, 0.1) is 22.6 Å². The maximum atomic E-state index is 12.0. The van der Waals surface area contributed by atoms with E-state index in [1.807, 2.05) is 45.0 Å². The number of anilines is 2. The molecule has 196 valence electrons. The number of rotatable bonds is 9. The van der Waals surface area contributed by atoms with Crippen LogP contribution in [0.1, 0.15) is 62.9 Å². The Balaban J connectivity index is 1.37. The molecule has 3 N–H and O–H groups in total. The zero-order valence-corrected chi connectivity index (χ0v) is 22.3. The minimum atomic E-state index is -1.00. The van der Waals surface area contributed by atoms with E-state index < -0.39 is 11.6 Å². The summed E-state index contributed by atoms with van der Waals surface area (Å²) in [6.07, 6.45) is 8.18. The third kappa shape index (κ3) is 5.62. The minimum absolute atomic E-state index is 0.0312. The monoisotopic (exact) mass is 522 g/mol. The molecule has 9 heteroatoms. The largest absolute Gasteiger partial charge is 0.491 e. The third-order valence-electron chi connectivity index (χ3n) is 7.33. The fourth-order valence-corrected chi connectivity index (χ4v) is 6.50. The summed E-state index contributed by atoms with van der Waals surface area (Å²) in [4.78, 5) is 26.2. The van der Waals surface area contributed by atoms with E-state index in [0.717, 1.165) is 39.7 Å². The number of ether oxygens (including phenoxy) is 1. The highest BCUT2D eigenvalue weighted by Gasteiger charge is 2.53. The zero-order chi connectivity index (χ0) is 26.2. The number of pyridine rings is 2. The molecule has 0 aliphatic heterocycles. The van der Waals surface area contributed by atoms with Gasteiger partial charge in [-0.3, -0.25) is 4.79 Å². The smallest absolute Gasteiger partial charge is 0.306 e. The second-order valence-electron chi connectivity index (χ2n) is 10.6. The summed E-state index contributed by atoms with van der Waals surface area (Å²) in [6.45, 7) is 5.98. The molecular weight excluding hydrogens is 488 g/mol. The molecule has 2 fully saturated rings. The van der Waals surface area contributed by atoms with Gasteiger partial charge >= 0.3 is 5.97 Å². The number of hydrogen-bond acceptors (Lipinski definition) is 8. The van der Waals surface area contributed by atoms with Crippen LogP contribution in [0, 0.1) is 24.7 Å². The summed E-state index contributed by atoms with van der Waals surface area (Å²) >= 11 is 1.49. The number of hydrogen-bond donors (Lipinski definition) is 3. The van der Waals surface area contributed by atoms with E-state index in [-0.39, 0.29) is 23.9 Å². The Morgan fingerprint density at radius 1 is 1.08 bits per heavy atom. The van der Waals surface area contributed by atoms with Crippen LogP contribution in [0.3, 0.4) is 0 Å². The molecule has 3 heterocycles. The lowest BCUT2D eigenvalue weighted by Gasteiger charge is -2.38. The highest BCUT2D eigenvalue weighted by molar-refractivity contribution is 7.15. The molecule has 2 saturated carbocycles. The normalized spacial score (nSPS) is 21.4. The molecule has 3 aromatic heterocycles. The van der Waals surface area contributed by atoms with Crippen LogP contribution >= 0.6 is 11.3 Å². The van der Waals surface area contributed by atoms with Crippen molar-refractivity contribution in [1.29, 1.82) is 0 Å². The predicted molar refractivity (Wildman–Crippen MR) is 143 cm³/mol. The molecule has 2 aliphatic rings. The van der Waals surface area contributed by atoms with Gasteiger partial charge in [-0.05, 0) is 94.9 Å². The van der Waals surface area contributed by atoms with E-state index in [2.05, 4.69) is 10.3 Å². The number of aromatic nitrogens is 3. The summed E-state index contributed by atoms with van der Waals surface area (Å²) in [5.74, 6) is 1.24. The van der Waals surface area contributed by atoms with Crippen molar-refractivity contribution in [3.8, 4) is 16.3 Å². The average molecular weight is 523 g/mol. The Bertz CT molecular complexity index is 1270. The molecule has 0 bridgehead atoms. The van der Waals surface area contributed by atoms with Crippen LogP contribution in [0.2, 0.25) is 0 Å². The van der Waals surface area contributed by atoms with Crippen molar-refractivity contribution in [2.75, 3.05) is 5.32 Å². The number of carboxylic acid groups (broad SMARTS) is 1. The first-order valence-electron chi connectivity index (χ1n) is 13.0. The molecule has 0 spiro atoms. The van der Waals surface area contributed by atoms with E-state index in [0.29, 0.717) is 37.3 Å². The molecule has 1 unspecified atom stereocenters. The number of carbonyl (C=O) groups is 1. The standard InChI is InChI=1S/C28H34N4O4S/c1-16(2)36-21-10-11-29-24(14-21)32-25-13-17(3)12-22(31-25)23-15-30-27(37-23)28(35,20-8-9-20)19-6-4-18(5-7-19)26(33)34/h10-16,18-20,35H,4-9H2,1-3H3,(H,33,34)(H,29,31,32). The Labute approximate surface area is 221 Å². The average Bonchev–Trinajstić information content (AvgIpc) is 3.59. The topological polar surface area (TPSA) is 117 Å². The summed E-state index contributed by atoms with van der Waals surface area (Å²) in [6, 6.07) is 7.66. The van der Waals surface area contributed by atoms with Gasteiger partial charge in [0.15, 0.2) is 0 Å². The van der Waals surface area contributed by atoms with E-state index in [9.17, 15) is 15.0 Å². The maximum absolute atomic E-state index is 12.0. The highest BCUT2D eigenvalue weighted by atomic mass is 32.1. The number of nitrogens with one attached hydrogen (secondary N) is 1. The van der Waals surface area contributed by atoms with Crippen molar-refractivity contribution in [2.45, 2.75) is 71.0 Å². The number of thiazole rings is 1. The summed E-state index contributed by atoms with van der Waals surface area (Å²) in [5.41, 5.74) is 0.827. The van der Waals surface area contributed by atoms with Crippen molar-refractivity contribution >= 4 is 28.9 Å². The second-order valence-corrected chi connectivity index (χ2v) is 11.6. The fourth-order valence-electron chi connectivity index (χ4n) is 5.38. The number of aryl methyl sites for hydroxylation is 1. The third-order valence-corrected chi connectivity index (χ3v) is 8.49. The first kappa shape index (κ1) is 25.6. The Hall–Kier alpha value is -3.04. The molecule has 5 rings (SSSR count). The quantitative estimate of drug-likeness (QED) is 0.317. The zero-order valence-electron chi connectivity index (χ0n) is 21.5. The van der Waals surface area contributed by atoms with Crippen LogP contribution in [-0.2, 0) is 10.4 Å². The lowest BCUT2D eigenvalue weighted by Crippen LogP contribution is -2.40. The summed E-state index contributed by atoms with van der Waals surface area (Å²) < 4.78 is 5.78. The molecule has 37 heavy (non-hydrogen) atoms. The Kier molecular flexibility index (Phi) is 7.18. The summed E-state index contributed by atoms with van der Waals surface area (Å²) in [7, 11) is 0.